The van der Waals surface area contributed by atoms with E-state index in [0.717, 1.165) is 30.7 Å². The van der Waals surface area contributed by atoms with Crippen LogP contribution in [0.15, 0.2) is 64.5 Å². The third-order valence-corrected chi connectivity index (χ3v) is 7.01. The zero-order valence-electron chi connectivity index (χ0n) is 15.6. The van der Waals surface area contributed by atoms with E-state index in [4.69, 9.17) is 4.99 Å². The zero-order valence-corrected chi connectivity index (χ0v) is 16.4. The number of anilines is 1. The lowest BCUT2D eigenvalue weighted by Gasteiger charge is -2.24. The second-order valence-electron chi connectivity index (χ2n) is 6.37. The van der Waals surface area contributed by atoms with E-state index < -0.39 is 0 Å². The van der Waals surface area contributed by atoms with Crippen molar-refractivity contribution in [3.8, 4) is 0 Å². The monoisotopic (exact) mass is 363 g/mol. The van der Waals surface area contributed by atoms with Gasteiger partial charge in [-0.05, 0) is 43.5 Å². The van der Waals surface area contributed by atoms with E-state index >= 15 is 0 Å². The summed E-state index contributed by atoms with van der Waals surface area (Å²) < 4.78 is 5.01. The molecule has 4 heteroatoms. The number of fused-ring (bicyclic) bond motifs is 4. The minimum absolute atomic E-state index is 0.152. The van der Waals surface area contributed by atoms with Crippen LogP contribution in [0.2, 0.25) is 0 Å². The first kappa shape index (κ1) is 17.3. The molecule has 3 aromatic rings. The standard InChI is InChI=1S/C22H25N3S/c1-4-23-26-20-14-11-16-9-7-8-10-18(16)22(20)24-19-13-12-17(15-21(19)26)25(5-2)6-3/h7-15,23H,4-6H2,1-3H3. The van der Waals surface area contributed by atoms with Crippen molar-refractivity contribution in [1.29, 1.82) is 0 Å². The van der Waals surface area contributed by atoms with Gasteiger partial charge >= 0.3 is 0 Å². The Bertz CT molecular complexity index is 1080. The molecule has 0 aliphatic carbocycles. The number of nitrogens with zero attached hydrogens (tertiary/aromatic N) is 2. The van der Waals surface area contributed by atoms with Crippen LogP contribution in [0.5, 0.6) is 0 Å². The highest BCUT2D eigenvalue weighted by atomic mass is 32.2. The van der Waals surface area contributed by atoms with Crippen LogP contribution in [0, 0.1) is 4.51 Å². The van der Waals surface area contributed by atoms with E-state index in [1.54, 1.807) is 0 Å². The predicted octanol–water partition coefficient (Wildman–Crippen LogP) is 5.05. The second kappa shape index (κ2) is 7.22. The Balaban J connectivity index is 2.02. The highest BCUT2D eigenvalue weighted by molar-refractivity contribution is 8.07. The molecule has 0 saturated carbocycles. The second-order valence-corrected chi connectivity index (χ2v) is 8.15. The molecule has 0 fully saturated rings. The van der Waals surface area contributed by atoms with Gasteiger partial charge < -0.3 is 4.90 Å². The highest BCUT2D eigenvalue weighted by Crippen LogP contribution is 2.39. The lowest BCUT2D eigenvalue weighted by molar-refractivity contribution is 0.864. The number of hydrogen-bond donors (Lipinski definition) is 1. The van der Waals surface area contributed by atoms with Gasteiger partial charge in [0, 0.05) is 40.1 Å². The maximum Gasteiger partial charge on any atom is 0.0859 e. The van der Waals surface area contributed by atoms with Crippen LogP contribution in [0.3, 0.4) is 0 Å². The van der Waals surface area contributed by atoms with Crippen molar-refractivity contribution < 1.29 is 0 Å². The summed E-state index contributed by atoms with van der Waals surface area (Å²) in [5.74, 6) is 0. The van der Waals surface area contributed by atoms with Gasteiger partial charge in [-0.15, -0.1) is 0 Å². The molecule has 1 unspecified atom stereocenters. The first-order chi connectivity index (χ1) is 12.8. The summed E-state index contributed by atoms with van der Waals surface area (Å²) in [5, 5.41) is 3.60. The molecule has 26 heavy (non-hydrogen) atoms. The molecular weight excluding hydrogens is 338 g/mol. The summed E-state index contributed by atoms with van der Waals surface area (Å²) in [6.45, 7) is 9.56. The van der Waals surface area contributed by atoms with Crippen LogP contribution in [0.25, 0.3) is 10.8 Å². The van der Waals surface area contributed by atoms with Gasteiger partial charge in [-0.2, -0.15) is 0 Å². The number of nitrogens with one attached hydrogen (secondary N) is 1. The van der Waals surface area contributed by atoms with Crippen molar-refractivity contribution in [2.45, 2.75) is 25.7 Å². The Morgan fingerprint density at radius 2 is 1.77 bits per heavy atom. The van der Waals surface area contributed by atoms with Crippen molar-refractivity contribution in [1.82, 2.24) is 4.72 Å². The van der Waals surface area contributed by atoms with Gasteiger partial charge in [-0.3, -0.25) is 4.72 Å². The van der Waals surface area contributed by atoms with Gasteiger partial charge in [-0.1, -0.05) is 47.9 Å². The van der Waals surface area contributed by atoms with E-state index in [2.05, 4.69) is 85.0 Å². The average molecular weight is 364 g/mol. The molecule has 1 aliphatic heterocycles. The van der Waals surface area contributed by atoms with Crippen LogP contribution >= 0.6 is 10.7 Å². The lowest BCUT2D eigenvalue weighted by Crippen LogP contribution is -2.22. The summed E-state index contributed by atoms with van der Waals surface area (Å²) in [5.41, 5.74) is 2.37. The van der Waals surface area contributed by atoms with Gasteiger partial charge in [0.1, 0.15) is 0 Å². The van der Waals surface area contributed by atoms with Gasteiger partial charge in [-0.25, -0.2) is 4.99 Å². The smallest absolute Gasteiger partial charge is 0.0859 e. The minimum atomic E-state index is -0.152. The first-order valence-electron chi connectivity index (χ1n) is 9.37. The Hall–Kier alpha value is -2.17. The Morgan fingerprint density at radius 1 is 0.962 bits per heavy atom. The largest absolute Gasteiger partial charge is 0.372 e. The molecule has 1 atom stereocenters. The normalized spacial score (nSPS) is 15.3. The van der Waals surface area contributed by atoms with Crippen LogP contribution in [0.1, 0.15) is 20.8 Å². The third-order valence-electron chi connectivity index (χ3n) is 4.90. The molecule has 1 aliphatic rings. The maximum absolute atomic E-state index is 5.07. The number of rotatable bonds is 5. The molecule has 0 saturated heterocycles. The van der Waals surface area contributed by atoms with Crippen LogP contribution in [-0.2, 0) is 0 Å². The lowest BCUT2D eigenvalue weighted by atomic mass is 10.1. The molecule has 1 N–H and O–H groups in total. The minimum Gasteiger partial charge on any atom is -0.372 e. The summed E-state index contributed by atoms with van der Waals surface area (Å²) in [6, 6.07) is 19.7. The molecule has 0 amide bonds. The number of hydrogen-bond acceptors (Lipinski definition) is 3. The fraction of sp³-hybridized carbons (Fsp3) is 0.273. The van der Waals surface area contributed by atoms with E-state index in [9.17, 15) is 0 Å². The zero-order chi connectivity index (χ0) is 18.1. The van der Waals surface area contributed by atoms with Crippen molar-refractivity contribution in [3.05, 3.63) is 64.5 Å². The summed E-state index contributed by atoms with van der Waals surface area (Å²) in [7, 11) is -0.152. The number of benzene rings is 3. The van der Waals surface area contributed by atoms with Gasteiger partial charge in [0.05, 0.1) is 11.0 Å². The van der Waals surface area contributed by atoms with Crippen LogP contribution in [-0.4, -0.2) is 19.6 Å². The highest BCUT2D eigenvalue weighted by Gasteiger charge is 2.15. The van der Waals surface area contributed by atoms with Crippen molar-refractivity contribution >= 4 is 32.8 Å². The molecule has 134 valence electrons. The summed E-state index contributed by atoms with van der Waals surface area (Å²) >= 11 is 0. The first-order valence-corrected chi connectivity index (χ1v) is 10.6. The fourth-order valence-electron chi connectivity index (χ4n) is 3.60. The topological polar surface area (TPSA) is 27.6 Å². The van der Waals surface area contributed by atoms with Crippen molar-refractivity contribution in [2.24, 2.45) is 4.99 Å². The molecular formula is C22H25N3S. The van der Waals surface area contributed by atoms with Crippen molar-refractivity contribution in [2.75, 3.05) is 24.5 Å². The third kappa shape index (κ3) is 2.83. The Labute approximate surface area is 157 Å². The molecule has 4 rings (SSSR count). The molecule has 1 heterocycles. The fourth-order valence-corrected chi connectivity index (χ4v) is 5.55. The Kier molecular flexibility index (Phi) is 4.79. The average Bonchev–Trinajstić information content (AvgIpc) is 2.69. The SMILES string of the molecule is CCNS1=c2ccc3ccccc3c2=Nc2ccc(N(CC)CC)cc21. The molecule has 0 radical (unpaired) electrons. The van der Waals surface area contributed by atoms with Crippen LogP contribution < -0.4 is 15.0 Å². The maximum atomic E-state index is 5.07. The van der Waals surface area contributed by atoms with Gasteiger partial charge in [0.2, 0.25) is 0 Å². The van der Waals surface area contributed by atoms with E-state index in [-0.39, 0.29) is 10.7 Å². The van der Waals surface area contributed by atoms with Crippen LogP contribution in [0.4, 0.5) is 11.4 Å². The van der Waals surface area contributed by atoms with Crippen molar-refractivity contribution in [3.63, 3.8) is 0 Å². The molecule has 0 aromatic heterocycles. The molecule has 0 bridgehead atoms. The summed E-state index contributed by atoms with van der Waals surface area (Å²) in [4.78, 5) is 8.77. The van der Waals surface area contributed by atoms with E-state index in [1.807, 2.05) is 0 Å². The molecule has 3 nitrogen and oxygen atoms in total. The molecule has 3 aromatic carbocycles. The van der Waals surface area contributed by atoms with E-state index in [1.165, 1.54) is 25.9 Å². The Morgan fingerprint density at radius 3 is 2.54 bits per heavy atom. The molecule has 0 spiro atoms. The predicted molar refractivity (Wildman–Crippen MR) is 113 cm³/mol. The van der Waals surface area contributed by atoms with Gasteiger partial charge in [0.25, 0.3) is 0 Å². The van der Waals surface area contributed by atoms with Gasteiger partial charge in [0.15, 0.2) is 0 Å². The quantitative estimate of drug-likeness (QED) is 0.642. The van der Waals surface area contributed by atoms with E-state index in [0.29, 0.717) is 0 Å². The summed E-state index contributed by atoms with van der Waals surface area (Å²) in [6.07, 6.45) is 0.